The summed E-state index contributed by atoms with van der Waals surface area (Å²) < 4.78 is 36.7. The lowest BCUT2D eigenvalue weighted by atomic mass is 10.2. The van der Waals surface area contributed by atoms with E-state index in [2.05, 4.69) is 15.9 Å². The van der Waals surface area contributed by atoms with E-state index < -0.39 is 10.0 Å². The summed E-state index contributed by atoms with van der Waals surface area (Å²) in [7, 11) is 1.34. The van der Waals surface area contributed by atoms with Crippen LogP contribution in [0.2, 0.25) is 0 Å². The predicted molar refractivity (Wildman–Crippen MR) is 114 cm³/mol. The van der Waals surface area contributed by atoms with Crippen molar-refractivity contribution in [2.45, 2.75) is 4.90 Å². The van der Waals surface area contributed by atoms with Crippen molar-refractivity contribution in [1.82, 2.24) is 9.21 Å². The van der Waals surface area contributed by atoms with E-state index in [1.807, 2.05) is 18.2 Å². The number of ether oxygens (including phenoxy) is 2. The van der Waals surface area contributed by atoms with Gasteiger partial charge in [0.1, 0.15) is 18.1 Å². The first-order valence-electron chi connectivity index (χ1n) is 9.67. The zero-order chi connectivity index (χ0) is 20.9. The molecule has 2 aromatic carbocycles. The van der Waals surface area contributed by atoms with Crippen LogP contribution in [0.4, 0.5) is 5.69 Å². The molecule has 29 heavy (non-hydrogen) atoms. The van der Waals surface area contributed by atoms with Gasteiger partial charge < -0.3 is 14.4 Å². The molecule has 0 radical (unpaired) electrons. The fourth-order valence-corrected chi connectivity index (χ4v) is 4.22. The van der Waals surface area contributed by atoms with Crippen LogP contribution in [0.1, 0.15) is 0 Å². The summed E-state index contributed by atoms with van der Waals surface area (Å²) in [6.45, 7) is 5.20. The molecule has 2 aromatic rings. The minimum Gasteiger partial charge on any atom is -0.495 e. The van der Waals surface area contributed by atoms with Gasteiger partial charge in [-0.15, -0.1) is 0 Å². The van der Waals surface area contributed by atoms with E-state index in [9.17, 15) is 8.42 Å². The standard InChI is InChI=1S/C21H29N3O4S/c1-22(2)29(25,26)19-10-8-18(9-11-19)28-17-16-23-12-14-24(15-13-23)20-6-4-5-7-21(20)27-3/h4-11H,12-17H2,1-3H3. The molecule has 3 rings (SSSR count). The Bertz CT molecular complexity index is 892. The molecule has 0 aromatic heterocycles. The molecule has 0 spiro atoms. The van der Waals surface area contributed by atoms with Gasteiger partial charge in [-0.05, 0) is 36.4 Å². The van der Waals surface area contributed by atoms with Crippen LogP contribution in [0.3, 0.4) is 0 Å². The highest BCUT2D eigenvalue weighted by atomic mass is 32.2. The molecule has 7 nitrogen and oxygen atoms in total. The number of methoxy groups -OCH3 is 1. The second-order valence-corrected chi connectivity index (χ2v) is 9.26. The first-order valence-corrected chi connectivity index (χ1v) is 11.1. The van der Waals surface area contributed by atoms with Crippen molar-refractivity contribution in [3.8, 4) is 11.5 Å². The molecule has 158 valence electrons. The second-order valence-electron chi connectivity index (χ2n) is 7.11. The highest BCUT2D eigenvalue weighted by molar-refractivity contribution is 7.89. The largest absolute Gasteiger partial charge is 0.495 e. The number of benzene rings is 2. The van der Waals surface area contributed by atoms with Crippen molar-refractivity contribution < 1.29 is 17.9 Å². The summed E-state index contributed by atoms with van der Waals surface area (Å²) in [5, 5.41) is 0. The van der Waals surface area contributed by atoms with Crippen LogP contribution in [0.15, 0.2) is 53.4 Å². The van der Waals surface area contributed by atoms with E-state index in [-0.39, 0.29) is 4.90 Å². The SMILES string of the molecule is COc1ccccc1N1CCN(CCOc2ccc(S(=O)(=O)N(C)C)cc2)CC1. The van der Waals surface area contributed by atoms with Gasteiger partial charge in [0, 0.05) is 46.8 Å². The van der Waals surface area contributed by atoms with Crippen molar-refractivity contribution in [1.29, 1.82) is 0 Å². The normalized spacial score (nSPS) is 15.5. The Hall–Kier alpha value is -2.29. The number of sulfonamides is 1. The highest BCUT2D eigenvalue weighted by Crippen LogP contribution is 2.28. The lowest BCUT2D eigenvalue weighted by molar-refractivity contribution is 0.200. The number of rotatable bonds is 8. The Balaban J connectivity index is 1.45. The quantitative estimate of drug-likeness (QED) is 0.653. The van der Waals surface area contributed by atoms with Gasteiger partial charge in [0.15, 0.2) is 0 Å². The van der Waals surface area contributed by atoms with Gasteiger partial charge in [0.05, 0.1) is 17.7 Å². The van der Waals surface area contributed by atoms with Crippen LogP contribution in [0.5, 0.6) is 11.5 Å². The number of para-hydroxylation sites is 2. The van der Waals surface area contributed by atoms with E-state index >= 15 is 0 Å². The monoisotopic (exact) mass is 419 g/mol. The van der Waals surface area contributed by atoms with Gasteiger partial charge in [-0.25, -0.2) is 12.7 Å². The molecule has 8 heteroatoms. The molecular formula is C21H29N3O4S. The third-order valence-electron chi connectivity index (χ3n) is 5.08. The molecule has 0 aliphatic carbocycles. The third-order valence-corrected chi connectivity index (χ3v) is 6.91. The van der Waals surface area contributed by atoms with Gasteiger partial charge in [-0.1, -0.05) is 12.1 Å². The second kappa shape index (κ2) is 9.47. The van der Waals surface area contributed by atoms with E-state index in [0.29, 0.717) is 12.4 Å². The maximum Gasteiger partial charge on any atom is 0.242 e. The third kappa shape index (κ3) is 5.20. The first kappa shape index (κ1) is 21.4. The van der Waals surface area contributed by atoms with Crippen LogP contribution in [-0.2, 0) is 10.0 Å². The van der Waals surface area contributed by atoms with Crippen LogP contribution in [-0.4, -0.2) is 78.2 Å². The number of nitrogens with zero attached hydrogens (tertiary/aromatic N) is 3. The smallest absolute Gasteiger partial charge is 0.242 e. The first-order chi connectivity index (χ1) is 13.9. The summed E-state index contributed by atoms with van der Waals surface area (Å²) in [6, 6.07) is 14.7. The van der Waals surface area contributed by atoms with Gasteiger partial charge in [0.2, 0.25) is 10.0 Å². The molecule has 1 aliphatic rings. The average molecular weight is 420 g/mol. The molecular weight excluding hydrogens is 390 g/mol. The Morgan fingerprint density at radius 2 is 1.62 bits per heavy atom. The minimum absolute atomic E-state index is 0.266. The van der Waals surface area contributed by atoms with Crippen LogP contribution in [0.25, 0.3) is 0 Å². The zero-order valence-corrected chi connectivity index (χ0v) is 18.1. The van der Waals surface area contributed by atoms with Gasteiger partial charge in [-0.3, -0.25) is 4.90 Å². The number of hydrogen-bond donors (Lipinski definition) is 0. The number of anilines is 1. The Morgan fingerprint density at radius 3 is 2.24 bits per heavy atom. The van der Waals surface area contributed by atoms with Crippen molar-refractivity contribution in [3.63, 3.8) is 0 Å². The van der Waals surface area contributed by atoms with E-state index in [4.69, 9.17) is 9.47 Å². The molecule has 1 heterocycles. The fourth-order valence-electron chi connectivity index (χ4n) is 3.31. The molecule has 0 atom stereocenters. The summed E-state index contributed by atoms with van der Waals surface area (Å²) in [4.78, 5) is 4.99. The van der Waals surface area contributed by atoms with E-state index in [1.165, 1.54) is 18.4 Å². The summed E-state index contributed by atoms with van der Waals surface area (Å²) >= 11 is 0. The van der Waals surface area contributed by atoms with E-state index in [0.717, 1.165) is 44.2 Å². The highest BCUT2D eigenvalue weighted by Gasteiger charge is 2.19. The van der Waals surface area contributed by atoms with E-state index in [1.54, 1.807) is 31.4 Å². The summed E-state index contributed by atoms with van der Waals surface area (Å²) in [6.07, 6.45) is 0. The van der Waals surface area contributed by atoms with Crippen molar-refractivity contribution in [2.75, 3.05) is 65.4 Å². The number of hydrogen-bond acceptors (Lipinski definition) is 6. The molecule has 0 amide bonds. The zero-order valence-electron chi connectivity index (χ0n) is 17.2. The topological polar surface area (TPSA) is 62.3 Å². The van der Waals surface area contributed by atoms with Crippen molar-refractivity contribution in [2.24, 2.45) is 0 Å². The summed E-state index contributed by atoms with van der Waals surface area (Å²) in [5.74, 6) is 1.58. The van der Waals surface area contributed by atoms with Crippen LogP contribution in [0, 0.1) is 0 Å². The Morgan fingerprint density at radius 1 is 0.966 bits per heavy atom. The molecule has 1 fully saturated rings. The number of piperazine rings is 1. The molecule has 0 unspecified atom stereocenters. The summed E-state index contributed by atoms with van der Waals surface area (Å²) in [5.41, 5.74) is 1.14. The lowest BCUT2D eigenvalue weighted by Crippen LogP contribution is -2.47. The molecule has 0 saturated carbocycles. The van der Waals surface area contributed by atoms with Crippen LogP contribution < -0.4 is 14.4 Å². The van der Waals surface area contributed by atoms with Crippen LogP contribution >= 0.6 is 0 Å². The van der Waals surface area contributed by atoms with Gasteiger partial charge in [0.25, 0.3) is 0 Å². The Labute approximate surface area is 173 Å². The molecule has 1 saturated heterocycles. The maximum absolute atomic E-state index is 12.1. The maximum atomic E-state index is 12.1. The molecule has 1 aliphatic heterocycles. The van der Waals surface area contributed by atoms with Gasteiger partial charge >= 0.3 is 0 Å². The fraction of sp³-hybridized carbons (Fsp3) is 0.429. The van der Waals surface area contributed by atoms with Gasteiger partial charge in [-0.2, -0.15) is 0 Å². The minimum atomic E-state index is -3.41. The average Bonchev–Trinajstić information content (AvgIpc) is 2.74. The molecule has 0 N–H and O–H groups in total. The Kier molecular flexibility index (Phi) is 7.00. The lowest BCUT2D eigenvalue weighted by Gasteiger charge is -2.36. The molecule has 0 bridgehead atoms. The van der Waals surface area contributed by atoms with Crippen molar-refractivity contribution >= 4 is 15.7 Å². The predicted octanol–water partition coefficient (Wildman–Crippen LogP) is 2.15. The van der Waals surface area contributed by atoms with Crippen molar-refractivity contribution in [3.05, 3.63) is 48.5 Å².